The Morgan fingerprint density at radius 1 is 1.11 bits per heavy atom. The Bertz CT molecular complexity index is 963. The van der Waals surface area contributed by atoms with Crippen LogP contribution in [0.1, 0.15) is 17.2 Å². The third-order valence-corrected chi connectivity index (χ3v) is 3.80. The SMILES string of the molecule is N#Cc1cccc(NC(=O)C(=O)NC(Cn2cncn2)c2ccccc2)c1. The summed E-state index contributed by atoms with van der Waals surface area (Å²) in [5.41, 5.74) is 1.60. The van der Waals surface area contributed by atoms with Gasteiger partial charge in [0.15, 0.2) is 0 Å². The highest BCUT2D eigenvalue weighted by molar-refractivity contribution is 6.39. The highest BCUT2D eigenvalue weighted by Crippen LogP contribution is 2.15. The number of nitrogens with one attached hydrogen (secondary N) is 2. The quantitative estimate of drug-likeness (QED) is 0.672. The van der Waals surface area contributed by atoms with Gasteiger partial charge in [-0.25, -0.2) is 4.98 Å². The van der Waals surface area contributed by atoms with Crippen LogP contribution in [0.2, 0.25) is 0 Å². The minimum absolute atomic E-state index is 0.326. The molecule has 0 aliphatic rings. The maximum atomic E-state index is 12.4. The molecule has 3 rings (SSSR count). The molecule has 1 atom stereocenters. The van der Waals surface area contributed by atoms with E-state index in [1.165, 1.54) is 18.7 Å². The second kappa shape index (κ2) is 8.40. The molecule has 0 bridgehead atoms. The van der Waals surface area contributed by atoms with Crippen molar-refractivity contribution in [1.82, 2.24) is 20.1 Å². The highest BCUT2D eigenvalue weighted by Gasteiger charge is 2.21. The maximum Gasteiger partial charge on any atom is 0.313 e. The number of carbonyl (C=O) groups is 2. The Kier molecular flexibility index (Phi) is 5.54. The summed E-state index contributed by atoms with van der Waals surface area (Å²) in [5, 5.41) is 18.2. The first kappa shape index (κ1) is 17.8. The number of benzene rings is 2. The molecule has 27 heavy (non-hydrogen) atoms. The van der Waals surface area contributed by atoms with Gasteiger partial charge in [0.2, 0.25) is 0 Å². The van der Waals surface area contributed by atoms with Crippen molar-refractivity contribution < 1.29 is 9.59 Å². The summed E-state index contributed by atoms with van der Waals surface area (Å²) in [4.78, 5) is 28.5. The number of nitriles is 1. The van der Waals surface area contributed by atoms with E-state index < -0.39 is 17.9 Å². The van der Waals surface area contributed by atoms with Crippen molar-refractivity contribution in [2.75, 3.05) is 5.32 Å². The van der Waals surface area contributed by atoms with Gasteiger partial charge in [0.25, 0.3) is 0 Å². The fourth-order valence-corrected chi connectivity index (χ4v) is 2.51. The van der Waals surface area contributed by atoms with Crippen LogP contribution in [0.4, 0.5) is 5.69 Å². The van der Waals surface area contributed by atoms with Gasteiger partial charge >= 0.3 is 11.8 Å². The first-order chi connectivity index (χ1) is 13.2. The molecule has 0 fully saturated rings. The molecular formula is C19H16N6O2. The topological polar surface area (TPSA) is 113 Å². The molecule has 0 saturated carbocycles. The Balaban J connectivity index is 1.71. The lowest BCUT2D eigenvalue weighted by molar-refractivity contribution is -0.136. The minimum atomic E-state index is -0.815. The number of amides is 2. The van der Waals surface area contributed by atoms with Crippen LogP contribution in [-0.2, 0) is 16.1 Å². The Labute approximate surface area is 155 Å². The van der Waals surface area contributed by atoms with Crippen molar-refractivity contribution in [3.05, 3.63) is 78.4 Å². The summed E-state index contributed by atoms with van der Waals surface area (Å²) in [6, 6.07) is 17.1. The van der Waals surface area contributed by atoms with Crippen molar-refractivity contribution in [2.45, 2.75) is 12.6 Å². The van der Waals surface area contributed by atoms with Gasteiger partial charge in [0, 0.05) is 5.69 Å². The van der Waals surface area contributed by atoms with Crippen molar-refractivity contribution >= 4 is 17.5 Å². The molecule has 0 aliphatic carbocycles. The van der Waals surface area contributed by atoms with Crippen molar-refractivity contribution in [3.8, 4) is 6.07 Å². The number of hydrogen-bond donors (Lipinski definition) is 2. The zero-order valence-electron chi connectivity index (χ0n) is 14.2. The second-order valence-corrected chi connectivity index (χ2v) is 5.70. The Morgan fingerprint density at radius 3 is 2.63 bits per heavy atom. The average Bonchev–Trinajstić information content (AvgIpc) is 3.21. The van der Waals surface area contributed by atoms with Crippen molar-refractivity contribution in [1.29, 1.82) is 5.26 Å². The minimum Gasteiger partial charge on any atom is -0.339 e. The van der Waals surface area contributed by atoms with Gasteiger partial charge in [-0.1, -0.05) is 36.4 Å². The standard InChI is InChI=1S/C19H16N6O2/c20-10-14-5-4-8-16(9-14)23-18(26)19(27)24-17(11-25-13-21-12-22-25)15-6-2-1-3-7-15/h1-9,12-13,17H,11H2,(H,23,26)(H,24,27). The largest absolute Gasteiger partial charge is 0.339 e. The number of aromatic nitrogens is 3. The normalized spacial score (nSPS) is 11.2. The fourth-order valence-electron chi connectivity index (χ4n) is 2.51. The van der Waals surface area contributed by atoms with E-state index in [4.69, 9.17) is 5.26 Å². The summed E-state index contributed by atoms with van der Waals surface area (Å²) in [6.45, 7) is 0.326. The van der Waals surface area contributed by atoms with Gasteiger partial charge in [-0.05, 0) is 23.8 Å². The van der Waals surface area contributed by atoms with E-state index in [-0.39, 0.29) is 0 Å². The molecule has 0 radical (unpaired) electrons. The van der Waals surface area contributed by atoms with Crippen LogP contribution in [0, 0.1) is 11.3 Å². The van der Waals surface area contributed by atoms with Crippen LogP contribution in [0.3, 0.4) is 0 Å². The summed E-state index contributed by atoms with van der Waals surface area (Å²) < 4.78 is 1.58. The zero-order valence-corrected chi connectivity index (χ0v) is 14.2. The summed E-state index contributed by atoms with van der Waals surface area (Å²) in [5.74, 6) is -1.60. The second-order valence-electron chi connectivity index (χ2n) is 5.70. The number of carbonyl (C=O) groups excluding carboxylic acids is 2. The molecule has 1 heterocycles. The lowest BCUT2D eigenvalue weighted by Gasteiger charge is -2.19. The molecule has 8 nitrogen and oxygen atoms in total. The average molecular weight is 360 g/mol. The number of anilines is 1. The number of nitrogens with zero attached hydrogens (tertiary/aromatic N) is 4. The van der Waals surface area contributed by atoms with Crippen molar-refractivity contribution in [2.24, 2.45) is 0 Å². The lowest BCUT2D eigenvalue weighted by atomic mass is 10.1. The molecule has 0 aliphatic heterocycles. The summed E-state index contributed by atoms with van der Waals surface area (Å²) in [7, 11) is 0. The van der Waals surface area contributed by atoms with E-state index in [1.807, 2.05) is 36.4 Å². The van der Waals surface area contributed by atoms with E-state index in [1.54, 1.807) is 22.9 Å². The van der Waals surface area contributed by atoms with Crippen LogP contribution in [-0.4, -0.2) is 26.6 Å². The molecule has 8 heteroatoms. The molecule has 0 saturated heterocycles. The van der Waals surface area contributed by atoms with Gasteiger partial charge in [-0.15, -0.1) is 0 Å². The first-order valence-corrected chi connectivity index (χ1v) is 8.15. The van der Waals surface area contributed by atoms with E-state index in [2.05, 4.69) is 20.7 Å². The molecule has 134 valence electrons. The summed E-state index contributed by atoms with van der Waals surface area (Å²) in [6.07, 6.45) is 2.94. The molecule has 2 aromatic carbocycles. The third kappa shape index (κ3) is 4.76. The van der Waals surface area contributed by atoms with E-state index in [9.17, 15) is 9.59 Å². The van der Waals surface area contributed by atoms with E-state index in [0.717, 1.165) is 5.56 Å². The van der Waals surface area contributed by atoms with Crippen LogP contribution in [0.15, 0.2) is 67.3 Å². The van der Waals surface area contributed by atoms with E-state index >= 15 is 0 Å². The Hall–Kier alpha value is -3.99. The summed E-state index contributed by atoms with van der Waals surface area (Å²) >= 11 is 0. The zero-order chi connectivity index (χ0) is 19.1. The molecule has 2 N–H and O–H groups in total. The van der Waals surface area contributed by atoms with Crippen LogP contribution < -0.4 is 10.6 Å². The van der Waals surface area contributed by atoms with E-state index in [0.29, 0.717) is 17.8 Å². The van der Waals surface area contributed by atoms with Gasteiger partial charge < -0.3 is 10.6 Å². The maximum absolute atomic E-state index is 12.4. The number of rotatable bonds is 5. The first-order valence-electron chi connectivity index (χ1n) is 8.15. The van der Waals surface area contributed by atoms with Gasteiger partial charge in [-0.3, -0.25) is 14.3 Å². The predicted octanol–water partition coefficient (Wildman–Crippen LogP) is 1.65. The van der Waals surface area contributed by atoms with Crippen LogP contribution in [0.25, 0.3) is 0 Å². The fraction of sp³-hybridized carbons (Fsp3) is 0.105. The van der Waals surface area contributed by atoms with Crippen molar-refractivity contribution in [3.63, 3.8) is 0 Å². The van der Waals surface area contributed by atoms with Gasteiger partial charge in [0.05, 0.1) is 24.2 Å². The monoisotopic (exact) mass is 360 g/mol. The lowest BCUT2D eigenvalue weighted by Crippen LogP contribution is -2.39. The molecule has 1 unspecified atom stereocenters. The van der Waals surface area contributed by atoms with Crippen LogP contribution >= 0.6 is 0 Å². The molecule has 1 aromatic heterocycles. The van der Waals surface area contributed by atoms with Crippen LogP contribution in [0.5, 0.6) is 0 Å². The molecule has 0 spiro atoms. The van der Waals surface area contributed by atoms with Gasteiger partial charge in [-0.2, -0.15) is 10.4 Å². The Morgan fingerprint density at radius 2 is 1.93 bits per heavy atom. The molecule has 3 aromatic rings. The third-order valence-electron chi connectivity index (χ3n) is 3.80. The smallest absolute Gasteiger partial charge is 0.313 e. The number of hydrogen-bond acceptors (Lipinski definition) is 5. The predicted molar refractivity (Wildman–Crippen MR) is 97.1 cm³/mol. The highest BCUT2D eigenvalue weighted by atomic mass is 16.2. The molecular weight excluding hydrogens is 344 g/mol. The molecule has 2 amide bonds. The van der Waals surface area contributed by atoms with Gasteiger partial charge in [0.1, 0.15) is 12.7 Å².